The molecule has 2 amide bonds. The molecule has 2 aromatic rings. The molecular weight excluding hydrogens is 372 g/mol. The van der Waals surface area contributed by atoms with Crippen LogP contribution in [0.1, 0.15) is 32.1 Å². The van der Waals surface area contributed by atoms with Crippen molar-refractivity contribution in [3.63, 3.8) is 0 Å². The minimum Gasteiger partial charge on any atom is -0.341 e. The molecule has 2 aliphatic heterocycles. The standard InChI is InChI=1S/C21H26N4O4/c1-22-16-8-3-2-7-15(16)19(27)25(21(22)29)14-10-18(26)24-13-6-9-17(24)20(28)23-11-4-5-12-23/h2-3,7-8,17H,4-6,9-14H2,1H3/t17-/m0/s1. The fourth-order valence-corrected chi connectivity index (χ4v) is 4.48. The van der Waals surface area contributed by atoms with Gasteiger partial charge in [-0.05, 0) is 37.8 Å². The van der Waals surface area contributed by atoms with Crippen LogP contribution in [0.5, 0.6) is 0 Å². The average molecular weight is 398 g/mol. The lowest BCUT2D eigenvalue weighted by atomic mass is 10.2. The monoisotopic (exact) mass is 398 g/mol. The Bertz CT molecular complexity index is 1060. The Morgan fingerprint density at radius 1 is 1.03 bits per heavy atom. The third kappa shape index (κ3) is 3.47. The van der Waals surface area contributed by atoms with Gasteiger partial charge in [0.1, 0.15) is 6.04 Å². The van der Waals surface area contributed by atoms with E-state index in [9.17, 15) is 19.2 Å². The molecule has 0 bridgehead atoms. The summed E-state index contributed by atoms with van der Waals surface area (Å²) in [7, 11) is 1.62. The van der Waals surface area contributed by atoms with Gasteiger partial charge >= 0.3 is 5.69 Å². The lowest BCUT2D eigenvalue weighted by Gasteiger charge is -2.28. The minimum atomic E-state index is -0.437. The Hall–Kier alpha value is -2.90. The predicted molar refractivity (Wildman–Crippen MR) is 109 cm³/mol. The molecule has 0 saturated carbocycles. The number of amides is 2. The smallest absolute Gasteiger partial charge is 0.331 e. The van der Waals surface area contributed by atoms with Crippen LogP contribution in [0, 0.1) is 0 Å². The molecular formula is C21H26N4O4. The number of hydrogen-bond acceptors (Lipinski definition) is 4. The molecule has 1 aromatic heterocycles. The van der Waals surface area contributed by atoms with Crippen LogP contribution < -0.4 is 11.2 Å². The summed E-state index contributed by atoms with van der Waals surface area (Å²) in [6.07, 6.45) is 3.53. The van der Waals surface area contributed by atoms with E-state index >= 15 is 0 Å². The number of hydrogen-bond donors (Lipinski definition) is 0. The van der Waals surface area contributed by atoms with E-state index in [2.05, 4.69) is 0 Å². The van der Waals surface area contributed by atoms with E-state index in [1.54, 1.807) is 36.2 Å². The number of aryl methyl sites for hydroxylation is 1. The van der Waals surface area contributed by atoms with Crippen molar-refractivity contribution in [2.24, 2.45) is 7.05 Å². The second kappa shape index (κ2) is 7.85. The summed E-state index contributed by atoms with van der Waals surface area (Å²) in [5.74, 6) is -0.144. The summed E-state index contributed by atoms with van der Waals surface area (Å²) in [6.45, 7) is 2.09. The van der Waals surface area contributed by atoms with Gasteiger partial charge in [-0.3, -0.25) is 23.5 Å². The van der Waals surface area contributed by atoms with Crippen molar-refractivity contribution in [3.8, 4) is 0 Å². The molecule has 1 aromatic carbocycles. The number of carbonyl (C=O) groups excluding carboxylic acids is 2. The van der Waals surface area contributed by atoms with Crippen LogP contribution in [0.25, 0.3) is 10.9 Å². The van der Waals surface area contributed by atoms with Gasteiger partial charge in [-0.1, -0.05) is 12.1 Å². The van der Waals surface area contributed by atoms with Crippen molar-refractivity contribution in [3.05, 3.63) is 45.1 Å². The first-order valence-electron chi connectivity index (χ1n) is 10.3. The van der Waals surface area contributed by atoms with E-state index in [1.807, 2.05) is 4.90 Å². The maximum absolute atomic E-state index is 12.9. The van der Waals surface area contributed by atoms with Crippen molar-refractivity contribution in [2.75, 3.05) is 19.6 Å². The van der Waals surface area contributed by atoms with Crippen molar-refractivity contribution < 1.29 is 9.59 Å². The quantitative estimate of drug-likeness (QED) is 0.759. The Kier molecular flexibility index (Phi) is 5.25. The summed E-state index contributed by atoms with van der Waals surface area (Å²) in [5.41, 5.74) is -0.254. The molecule has 8 heteroatoms. The van der Waals surface area contributed by atoms with Gasteiger partial charge in [0.05, 0.1) is 10.9 Å². The lowest BCUT2D eigenvalue weighted by Crippen LogP contribution is -2.47. The molecule has 1 atom stereocenters. The summed E-state index contributed by atoms with van der Waals surface area (Å²) >= 11 is 0. The number of rotatable bonds is 4. The van der Waals surface area contributed by atoms with Gasteiger partial charge in [-0.15, -0.1) is 0 Å². The molecule has 154 valence electrons. The Balaban J connectivity index is 1.52. The fourth-order valence-electron chi connectivity index (χ4n) is 4.48. The molecule has 0 spiro atoms. The number of nitrogens with zero attached hydrogens (tertiary/aromatic N) is 4. The average Bonchev–Trinajstić information content (AvgIpc) is 3.43. The highest BCUT2D eigenvalue weighted by Crippen LogP contribution is 2.22. The van der Waals surface area contributed by atoms with Crippen molar-refractivity contribution >= 4 is 22.7 Å². The molecule has 2 aliphatic rings. The maximum atomic E-state index is 12.9. The van der Waals surface area contributed by atoms with E-state index in [4.69, 9.17) is 0 Å². The summed E-state index contributed by atoms with van der Waals surface area (Å²) < 4.78 is 2.55. The van der Waals surface area contributed by atoms with Crippen LogP contribution in [0.2, 0.25) is 0 Å². The lowest BCUT2D eigenvalue weighted by molar-refractivity contribution is -0.143. The van der Waals surface area contributed by atoms with E-state index in [1.165, 1.54) is 4.57 Å². The highest BCUT2D eigenvalue weighted by Gasteiger charge is 2.36. The normalized spacial score (nSPS) is 19.3. The maximum Gasteiger partial charge on any atom is 0.331 e. The molecule has 0 unspecified atom stereocenters. The van der Waals surface area contributed by atoms with Gasteiger partial charge in [-0.2, -0.15) is 0 Å². The zero-order chi connectivity index (χ0) is 20.5. The molecule has 3 heterocycles. The molecule has 2 saturated heterocycles. The number of para-hydroxylation sites is 1. The molecule has 2 fully saturated rings. The summed E-state index contributed by atoms with van der Waals surface area (Å²) in [4.78, 5) is 54.5. The molecule has 0 aliphatic carbocycles. The van der Waals surface area contributed by atoms with E-state index < -0.39 is 11.7 Å². The van der Waals surface area contributed by atoms with Gasteiger partial charge in [0.25, 0.3) is 5.56 Å². The predicted octanol–water partition coefficient (Wildman–Crippen LogP) is 0.704. The number of likely N-dealkylation sites (tertiary alicyclic amines) is 2. The van der Waals surface area contributed by atoms with Gasteiger partial charge in [0.15, 0.2) is 0 Å². The number of carbonyl (C=O) groups is 2. The fraction of sp³-hybridized carbons (Fsp3) is 0.524. The zero-order valence-corrected chi connectivity index (χ0v) is 16.7. The molecule has 0 N–H and O–H groups in total. The Labute approximate surface area is 168 Å². The summed E-state index contributed by atoms with van der Waals surface area (Å²) in [5, 5.41) is 0.449. The van der Waals surface area contributed by atoms with E-state index in [0.29, 0.717) is 23.9 Å². The van der Waals surface area contributed by atoms with Gasteiger partial charge in [0.2, 0.25) is 11.8 Å². The van der Waals surface area contributed by atoms with Crippen LogP contribution in [0.15, 0.2) is 33.9 Å². The topological polar surface area (TPSA) is 84.6 Å². The molecule has 0 radical (unpaired) electrons. The number of aromatic nitrogens is 2. The second-order valence-electron chi connectivity index (χ2n) is 7.84. The second-order valence-corrected chi connectivity index (χ2v) is 7.84. The van der Waals surface area contributed by atoms with E-state index in [-0.39, 0.29) is 30.3 Å². The largest absolute Gasteiger partial charge is 0.341 e. The highest BCUT2D eigenvalue weighted by atomic mass is 16.2. The van der Waals surface area contributed by atoms with Crippen LogP contribution >= 0.6 is 0 Å². The number of fused-ring (bicyclic) bond motifs is 1. The molecule has 4 rings (SSSR count). The van der Waals surface area contributed by atoms with Crippen LogP contribution in [0.3, 0.4) is 0 Å². The minimum absolute atomic E-state index is 0.0102. The molecule has 29 heavy (non-hydrogen) atoms. The highest BCUT2D eigenvalue weighted by molar-refractivity contribution is 5.88. The van der Waals surface area contributed by atoms with Gasteiger partial charge in [-0.25, -0.2) is 4.79 Å². The molecule has 8 nitrogen and oxygen atoms in total. The Morgan fingerprint density at radius 2 is 1.76 bits per heavy atom. The first kappa shape index (κ1) is 19.4. The SMILES string of the molecule is Cn1c(=O)n(CCC(=O)N2CCC[C@H]2C(=O)N2CCCC2)c(=O)c2ccccc21. The third-order valence-corrected chi connectivity index (χ3v) is 6.08. The van der Waals surface area contributed by atoms with Crippen LogP contribution in [-0.2, 0) is 23.2 Å². The van der Waals surface area contributed by atoms with Crippen molar-refractivity contribution in [1.82, 2.24) is 18.9 Å². The van der Waals surface area contributed by atoms with Gasteiger partial charge < -0.3 is 9.80 Å². The Morgan fingerprint density at radius 3 is 2.52 bits per heavy atom. The van der Waals surface area contributed by atoms with Crippen molar-refractivity contribution in [2.45, 2.75) is 44.7 Å². The number of benzene rings is 1. The van der Waals surface area contributed by atoms with Crippen molar-refractivity contribution in [1.29, 1.82) is 0 Å². The van der Waals surface area contributed by atoms with Gasteiger partial charge in [0, 0.05) is 39.6 Å². The van der Waals surface area contributed by atoms with Crippen LogP contribution in [-0.4, -0.2) is 56.4 Å². The first-order chi connectivity index (χ1) is 14.0. The zero-order valence-electron chi connectivity index (χ0n) is 16.7. The van der Waals surface area contributed by atoms with E-state index in [0.717, 1.165) is 36.9 Å². The van der Waals surface area contributed by atoms with Crippen LogP contribution in [0.4, 0.5) is 0 Å². The summed E-state index contributed by atoms with van der Waals surface area (Å²) in [6, 6.07) is 6.53. The third-order valence-electron chi connectivity index (χ3n) is 6.08. The first-order valence-corrected chi connectivity index (χ1v) is 10.3.